The monoisotopic (exact) mass is 266 g/mol. The number of benzene rings is 1. The summed E-state index contributed by atoms with van der Waals surface area (Å²) in [5.41, 5.74) is 0.228. The Bertz CT molecular complexity index is 461. The zero-order valence-corrected chi connectivity index (χ0v) is 11.2. The lowest BCUT2D eigenvalue weighted by Gasteiger charge is -2.38. The highest BCUT2D eigenvalue weighted by Gasteiger charge is 2.33. The topological polar surface area (TPSA) is 50.4 Å². The molecule has 1 aliphatic rings. The van der Waals surface area contributed by atoms with E-state index in [-0.39, 0.29) is 30.0 Å². The van der Waals surface area contributed by atoms with E-state index in [1.807, 2.05) is 6.92 Å². The van der Waals surface area contributed by atoms with Crippen LogP contribution in [-0.2, 0) is 9.53 Å². The van der Waals surface area contributed by atoms with Gasteiger partial charge in [-0.3, -0.25) is 4.79 Å². The Morgan fingerprint density at radius 1 is 1.53 bits per heavy atom. The number of nitrogens with one attached hydrogen (secondary N) is 2. The van der Waals surface area contributed by atoms with E-state index in [2.05, 4.69) is 10.6 Å². The summed E-state index contributed by atoms with van der Waals surface area (Å²) >= 11 is 0. The van der Waals surface area contributed by atoms with Crippen molar-refractivity contribution >= 4 is 5.91 Å². The van der Waals surface area contributed by atoms with Crippen molar-refractivity contribution in [1.29, 1.82) is 0 Å². The van der Waals surface area contributed by atoms with Gasteiger partial charge >= 0.3 is 0 Å². The second-order valence-corrected chi connectivity index (χ2v) is 5.15. The summed E-state index contributed by atoms with van der Waals surface area (Å²) in [6.45, 7) is 5.21. The first kappa shape index (κ1) is 14.0. The summed E-state index contributed by atoms with van der Waals surface area (Å²) in [7, 11) is 0. The molecule has 0 radical (unpaired) electrons. The van der Waals surface area contributed by atoms with E-state index in [0.29, 0.717) is 5.56 Å². The van der Waals surface area contributed by atoms with Crippen LogP contribution in [0.15, 0.2) is 24.3 Å². The molecule has 2 rings (SSSR count). The molecule has 1 atom stereocenters. The molecule has 0 saturated carbocycles. The molecular weight excluding hydrogens is 247 g/mol. The highest BCUT2D eigenvalue weighted by atomic mass is 19.1. The maximum absolute atomic E-state index is 13.5. The van der Waals surface area contributed by atoms with Gasteiger partial charge in [-0.25, -0.2) is 4.39 Å². The third-order valence-corrected chi connectivity index (χ3v) is 3.30. The maximum atomic E-state index is 13.5. The molecule has 0 aliphatic carbocycles. The van der Waals surface area contributed by atoms with Crippen LogP contribution in [-0.4, -0.2) is 31.2 Å². The third-order valence-electron chi connectivity index (χ3n) is 3.30. The van der Waals surface area contributed by atoms with Gasteiger partial charge in [0.1, 0.15) is 12.4 Å². The molecule has 1 aliphatic heterocycles. The summed E-state index contributed by atoms with van der Waals surface area (Å²) in [6.07, 6.45) is 0. The van der Waals surface area contributed by atoms with Crippen LogP contribution in [0, 0.1) is 5.82 Å². The minimum absolute atomic E-state index is 0.00300. The molecular formula is C14H19FN2O2. The van der Waals surface area contributed by atoms with Gasteiger partial charge < -0.3 is 15.4 Å². The first-order chi connectivity index (χ1) is 9.00. The van der Waals surface area contributed by atoms with Crippen molar-refractivity contribution in [3.05, 3.63) is 35.6 Å². The number of hydrogen-bond acceptors (Lipinski definition) is 3. The van der Waals surface area contributed by atoms with Crippen molar-refractivity contribution in [2.24, 2.45) is 0 Å². The predicted molar refractivity (Wildman–Crippen MR) is 70.2 cm³/mol. The van der Waals surface area contributed by atoms with Crippen LogP contribution < -0.4 is 10.6 Å². The van der Waals surface area contributed by atoms with Gasteiger partial charge in [0.05, 0.1) is 11.6 Å². The number of amides is 1. The van der Waals surface area contributed by atoms with E-state index in [1.165, 1.54) is 6.07 Å². The molecule has 104 valence electrons. The van der Waals surface area contributed by atoms with E-state index in [4.69, 9.17) is 4.74 Å². The standard InChI is InChI=1S/C14H19FN2O2/c1-10(11-5-3-4-6-12(11)15)17-13(18)7-19-14(2)8-16-9-14/h3-6,10,16H,7-9H2,1-2H3,(H,17,18)/t10-/m1/s1. The number of carbonyl (C=O) groups excluding carboxylic acids is 1. The SMILES string of the molecule is C[C@@H](NC(=O)COC1(C)CNC1)c1ccccc1F. The lowest BCUT2D eigenvalue weighted by molar-refractivity contribution is -0.136. The van der Waals surface area contributed by atoms with Crippen LogP contribution >= 0.6 is 0 Å². The Morgan fingerprint density at radius 2 is 2.21 bits per heavy atom. The summed E-state index contributed by atoms with van der Waals surface area (Å²) in [5.74, 6) is -0.546. The molecule has 5 heteroatoms. The second-order valence-electron chi connectivity index (χ2n) is 5.15. The minimum atomic E-state index is -0.371. The van der Waals surface area contributed by atoms with Gasteiger partial charge in [-0.1, -0.05) is 18.2 Å². The average Bonchev–Trinajstić information content (AvgIpc) is 2.34. The molecule has 1 aromatic carbocycles. The maximum Gasteiger partial charge on any atom is 0.246 e. The van der Waals surface area contributed by atoms with E-state index in [0.717, 1.165) is 13.1 Å². The van der Waals surface area contributed by atoms with Crippen LogP contribution in [0.3, 0.4) is 0 Å². The highest BCUT2D eigenvalue weighted by molar-refractivity contribution is 5.77. The van der Waals surface area contributed by atoms with Crippen LogP contribution in [0.4, 0.5) is 4.39 Å². The molecule has 0 bridgehead atoms. The summed E-state index contributed by atoms with van der Waals surface area (Å²) in [5, 5.41) is 5.83. The number of halogens is 1. The first-order valence-corrected chi connectivity index (χ1v) is 6.39. The molecule has 0 spiro atoms. The lowest BCUT2D eigenvalue weighted by Crippen LogP contribution is -2.59. The largest absolute Gasteiger partial charge is 0.363 e. The average molecular weight is 266 g/mol. The Labute approximate surface area is 112 Å². The first-order valence-electron chi connectivity index (χ1n) is 6.39. The quantitative estimate of drug-likeness (QED) is 0.846. The zero-order chi connectivity index (χ0) is 13.9. The molecule has 0 unspecified atom stereocenters. The molecule has 1 saturated heterocycles. The summed E-state index contributed by atoms with van der Waals surface area (Å²) in [4.78, 5) is 11.7. The van der Waals surface area contributed by atoms with E-state index in [1.54, 1.807) is 25.1 Å². The Kier molecular flexibility index (Phi) is 4.17. The number of carbonyl (C=O) groups is 1. The number of rotatable bonds is 5. The fourth-order valence-corrected chi connectivity index (χ4v) is 2.01. The lowest BCUT2D eigenvalue weighted by atomic mass is 10.0. The van der Waals surface area contributed by atoms with Crippen LogP contribution in [0.2, 0.25) is 0 Å². The van der Waals surface area contributed by atoms with Crippen LogP contribution in [0.1, 0.15) is 25.5 Å². The van der Waals surface area contributed by atoms with Gasteiger partial charge in [-0.15, -0.1) is 0 Å². The van der Waals surface area contributed by atoms with E-state index in [9.17, 15) is 9.18 Å². The van der Waals surface area contributed by atoms with Crippen molar-refractivity contribution in [2.45, 2.75) is 25.5 Å². The van der Waals surface area contributed by atoms with Crippen LogP contribution in [0.25, 0.3) is 0 Å². The van der Waals surface area contributed by atoms with Crippen LogP contribution in [0.5, 0.6) is 0 Å². The summed E-state index contributed by atoms with van der Waals surface area (Å²) in [6, 6.07) is 6.05. The molecule has 0 aromatic heterocycles. The van der Waals surface area contributed by atoms with Gasteiger partial charge in [0, 0.05) is 18.7 Å². The molecule has 1 heterocycles. The smallest absolute Gasteiger partial charge is 0.246 e. The van der Waals surface area contributed by atoms with Gasteiger partial charge in [0.2, 0.25) is 5.91 Å². The molecule has 1 aromatic rings. The van der Waals surface area contributed by atoms with Gasteiger partial charge in [-0.2, -0.15) is 0 Å². The van der Waals surface area contributed by atoms with Crippen molar-refractivity contribution in [3.8, 4) is 0 Å². The Balaban J connectivity index is 1.83. The van der Waals surface area contributed by atoms with Crippen molar-refractivity contribution in [3.63, 3.8) is 0 Å². The van der Waals surface area contributed by atoms with Gasteiger partial charge in [0.15, 0.2) is 0 Å². The number of ether oxygens (including phenoxy) is 1. The second kappa shape index (κ2) is 5.67. The predicted octanol–water partition coefficient (Wildman–Crippen LogP) is 1.38. The fourth-order valence-electron chi connectivity index (χ4n) is 2.01. The summed E-state index contributed by atoms with van der Waals surface area (Å²) < 4.78 is 19.1. The molecule has 1 amide bonds. The normalized spacial score (nSPS) is 18.5. The third kappa shape index (κ3) is 3.52. The Hall–Kier alpha value is -1.46. The van der Waals surface area contributed by atoms with Crippen molar-refractivity contribution in [1.82, 2.24) is 10.6 Å². The minimum Gasteiger partial charge on any atom is -0.363 e. The molecule has 4 nitrogen and oxygen atoms in total. The fraction of sp³-hybridized carbons (Fsp3) is 0.500. The Morgan fingerprint density at radius 3 is 2.79 bits per heavy atom. The van der Waals surface area contributed by atoms with E-state index < -0.39 is 0 Å². The molecule has 2 N–H and O–H groups in total. The van der Waals surface area contributed by atoms with Crippen molar-refractivity contribution in [2.75, 3.05) is 19.7 Å². The molecule has 1 fully saturated rings. The van der Waals surface area contributed by atoms with Gasteiger partial charge in [0.25, 0.3) is 0 Å². The molecule has 19 heavy (non-hydrogen) atoms. The van der Waals surface area contributed by atoms with Gasteiger partial charge in [-0.05, 0) is 19.9 Å². The van der Waals surface area contributed by atoms with E-state index >= 15 is 0 Å². The zero-order valence-electron chi connectivity index (χ0n) is 11.2. The highest BCUT2D eigenvalue weighted by Crippen LogP contribution is 2.17. The van der Waals surface area contributed by atoms with Crippen molar-refractivity contribution < 1.29 is 13.9 Å². The number of hydrogen-bond donors (Lipinski definition) is 2.